The zero-order valence-corrected chi connectivity index (χ0v) is 15.3. The minimum atomic E-state index is -0.180. The predicted octanol–water partition coefficient (Wildman–Crippen LogP) is 4.85. The largest absolute Gasteiger partial charge is 0.489 e. The molecule has 0 saturated carbocycles. The van der Waals surface area contributed by atoms with Gasteiger partial charge in [0.1, 0.15) is 18.5 Å². The van der Waals surface area contributed by atoms with Crippen LogP contribution in [0.5, 0.6) is 5.75 Å². The standard InChI is InChI=1S/C23H22N2O2/c1-2-25-22(24-21-11-7-6-10-20(21)23(25)26)18-12-14-19(15-13-18)27-16-17-8-4-3-5-9-17/h3-15,22,24H,2,16H2,1H3. The van der Waals surface area contributed by atoms with Gasteiger partial charge in [0.15, 0.2) is 0 Å². The van der Waals surface area contributed by atoms with Crippen LogP contribution in [0.2, 0.25) is 0 Å². The minimum Gasteiger partial charge on any atom is -0.489 e. The quantitative estimate of drug-likeness (QED) is 0.709. The Balaban J connectivity index is 1.52. The molecule has 0 aromatic heterocycles. The van der Waals surface area contributed by atoms with Crippen LogP contribution in [0.25, 0.3) is 0 Å². The van der Waals surface area contributed by atoms with Crippen LogP contribution in [0.1, 0.15) is 34.6 Å². The Bertz CT molecular complexity index is 923. The van der Waals surface area contributed by atoms with E-state index in [0.29, 0.717) is 13.2 Å². The second-order valence-electron chi connectivity index (χ2n) is 6.53. The number of rotatable bonds is 5. The molecule has 1 aliphatic heterocycles. The summed E-state index contributed by atoms with van der Waals surface area (Å²) < 4.78 is 5.86. The third-order valence-electron chi connectivity index (χ3n) is 4.81. The van der Waals surface area contributed by atoms with Gasteiger partial charge in [0.25, 0.3) is 5.91 Å². The van der Waals surface area contributed by atoms with Crippen LogP contribution in [-0.4, -0.2) is 17.4 Å². The van der Waals surface area contributed by atoms with Crippen molar-refractivity contribution >= 4 is 11.6 Å². The molecule has 136 valence electrons. The number of carbonyl (C=O) groups excluding carboxylic acids is 1. The fraction of sp³-hybridized carbons (Fsp3) is 0.174. The van der Waals surface area contributed by atoms with E-state index in [0.717, 1.165) is 28.1 Å². The van der Waals surface area contributed by atoms with Crippen molar-refractivity contribution in [2.75, 3.05) is 11.9 Å². The Morgan fingerprint density at radius 2 is 1.63 bits per heavy atom. The molecule has 4 heteroatoms. The summed E-state index contributed by atoms with van der Waals surface area (Å²) in [6.45, 7) is 3.17. The Kier molecular flexibility index (Phi) is 4.79. The van der Waals surface area contributed by atoms with Gasteiger partial charge in [-0.2, -0.15) is 0 Å². The zero-order valence-electron chi connectivity index (χ0n) is 15.3. The number of fused-ring (bicyclic) bond motifs is 1. The highest BCUT2D eigenvalue weighted by atomic mass is 16.5. The lowest BCUT2D eigenvalue weighted by atomic mass is 10.0. The normalized spacial score (nSPS) is 15.8. The maximum atomic E-state index is 12.8. The van der Waals surface area contributed by atoms with E-state index in [-0.39, 0.29) is 12.1 Å². The fourth-order valence-corrected chi connectivity index (χ4v) is 3.37. The lowest BCUT2D eigenvalue weighted by Crippen LogP contribution is -2.42. The van der Waals surface area contributed by atoms with Gasteiger partial charge in [0, 0.05) is 12.2 Å². The number of amides is 1. The monoisotopic (exact) mass is 358 g/mol. The van der Waals surface area contributed by atoms with Crippen molar-refractivity contribution in [2.45, 2.75) is 19.7 Å². The molecular weight excluding hydrogens is 336 g/mol. The smallest absolute Gasteiger partial charge is 0.257 e. The molecule has 1 amide bonds. The first-order chi connectivity index (χ1) is 13.3. The maximum absolute atomic E-state index is 12.8. The van der Waals surface area contributed by atoms with Gasteiger partial charge in [-0.1, -0.05) is 54.6 Å². The second-order valence-corrected chi connectivity index (χ2v) is 6.53. The summed E-state index contributed by atoms with van der Waals surface area (Å²) in [5.41, 5.74) is 3.77. The van der Waals surface area contributed by atoms with Gasteiger partial charge in [-0.05, 0) is 42.3 Å². The Labute approximate surface area is 159 Å². The first kappa shape index (κ1) is 17.2. The van der Waals surface area contributed by atoms with Crippen LogP contribution in [0.4, 0.5) is 5.69 Å². The predicted molar refractivity (Wildman–Crippen MR) is 107 cm³/mol. The Hall–Kier alpha value is -3.27. The summed E-state index contributed by atoms with van der Waals surface area (Å²) in [6.07, 6.45) is -0.180. The van der Waals surface area contributed by atoms with Crippen LogP contribution in [0.3, 0.4) is 0 Å². The molecule has 0 radical (unpaired) electrons. The SMILES string of the molecule is CCN1C(=O)c2ccccc2NC1c1ccc(OCc2ccccc2)cc1. The fourth-order valence-electron chi connectivity index (χ4n) is 3.37. The molecule has 0 aliphatic carbocycles. The van der Waals surface area contributed by atoms with E-state index in [9.17, 15) is 4.79 Å². The van der Waals surface area contributed by atoms with Crippen LogP contribution in [-0.2, 0) is 6.61 Å². The van der Waals surface area contributed by atoms with Crippen molar-refractivity contribution in [1.82, 2.24) is 4.90 Å². The summed E-state index contributed by atoms with van der Waals surface area (Å²) >= 11 is 0. The van der Waals surface area contributed by atoms with E-state index >= 15 is 0 Å². The molecule has 4 nitrogen and oxygen atoms in total. The average Bonchev–Trinajstić information content (AvgIpc) is 2.73. The zero-order chi connectivity index (χ0) is 18.6. The van der Waals surface area contributed by atoms with Crippen LogP contribution in [0.15, 0.2) is 78.9 Å². The molecule has 3 aromatic rings. The number of benzene rings is 3. The third kappa shape index (κ3) is 3.51. The molecule has 1 N–H and O–H groups in total. The van der Waals surface area contributed by atoms with E-state index in [1.807, 2.05) is 90.7 Å². The number of nitrogens with one attached hydrogen (secondary N) is 1. The van der Waals surface area contributed by atoms with Gasteiger partial charge in [-0.25, -0.2) is 0 Å². The van der Waals surface area contributed by atoms with Gasteiger partial charge in [0.2, 0.25) is 0 Å². The van der Waals surface area contributed by atoms with Gasteiger partial charge in [0.05, 0.1) is 5.56 Å². The Morgan fingerprint density at radius 3 is 2.37 bits per heavy atom. The molecule has 1 aliphatic rings. The summed E-state index contributed by atoms with van der Waals surface area (Å²) in [5, 5.41) is 3.49. The van der Waals surface area contributed by atoms with Gasteiger partial charge in [-0.15, -0.1) is 0 Å². The molecule has 1 atom stereocenters. The summed E-state index contributed by atoms with van der Waals surface area (Å²) in [5.74, 6) is 0.870. The van der Waals surface area contributed by atoms with Crippen molar-refractivity contribution in [3.63, 3.8) is 0 Å². The lowest BCUT2D eigenvalue weighted by Gasteiger charge is -2.37. The number of carbonyl (C=O) groups is 1. The molecule has 27 heavy (non-hydrogen) atoms. The molecule has 0 saturated heterocycles. The van der Waals surface area contributed by atoms with Crippen molar-refractivity contribution in [3.8, 4) is 5.75 Å². The molecule has 1 heterocycles. The van der Waals surface area contributed by atoms with Crippen molar-refractivity contribution in [1.29, 1.82) is 0 Å². The van der Waals surface area contributed by atoms with Gasteiger partial charge >= 0.3 is 0 Å². The molecule has 1 unspecified atom stereocenters. The number of nitrogens with zero attached hydrogens (tertiary/aromatic N) is 1. The highest BCUT2D eigenvalue weighted by molar-refractivity contribution is 6.01. The van der Waals surface area contributed by atoms with Gasteiger partial charge < -0.3 is 15.0 Å². The van der Waals surface area contributed by atoms with Crippen molar-refractivity contribution in [2.24, 2.45) is 0 Å². The Morgan fingerprint density at radius 1 is 0.926 bits per heavy atom. The van der Waals surface area contributed by atoms with Crippen LogP contribution >= 0.6 is 0 Å². The third-order valence-corrected chi connectivity index (χ3v) is 4.81. The van der Waals surface area contributed by atoms with Crippen LogP contribution < -0.4 is 10.1 Å². The molecule has 4 rings (SSSR count). The summed E-state index contributed by atoms with van der Waals surface area (Å²) in [7, 11) is 0. The van der Waals surface area contributed by atoms with Gasteiger partial charge in [-0.3, -0.25) is 4.79 Å². The molecule has 0 bridgehead atoms. The first-order valence-corrected chi connectivity index (χ1v) is 9.19. The lowest BCUT2D eigenvalue weighted by molar-refractivity contribution is 0.0695. The van der Waals surface area contributed by atoms with Crippen molar-refractivity contribution in [3.05, 3.63) is 95.6 Å². The van der Waals surface area contributed by atoms with E-state index in [4.69, 9.17) is 4.74 Å². The number of para-hydroxylation sites is 1. The molecule has 3 aromatic carbocycles. The maximum Gasteiger partial charge on any atom is 0.257 e. The van der Waals surface area contributed by atoms with E-state index in [1.54, 1.807) is 0 Å². The number of hydrogen-bond donors (Lipinski definition) is 1. The van der Waals surface area contributed by atoms with E-state index in [2.05, 4.69) is 5.32 Å². The van der Waals surface area contributed by atoms with Crippen molar-refractivity contribution < 1.29 is 9.53 Å². The molecular formula is C23H22N2O2. The second kappa shape index (κ2) is 7.54. The van der Waals surface area contributed by atoms with E-state index in [1.165, 1.54) is 0 Å². The van der Waals surface area contributed by atoms with E-state index < -0.39 is 0 Å². The number of ether oxygens (including phenoxy) is 1. The number of anilines is 1. The van der Waals surface area contributed by atoms with Crippen LogP contribution in [0, 0.1) is 0 Å². The average molecular weight is 358 g/mol. The summed E-state index contributed by atoms with van der Waals surface area (Å²) in [4.78, 5) is 14.7. The topological polar surface area (TPSA) is 41.6 Å². The highest BCUT2D eigenvalue weighted by Crippen LogP contribution is 2.33. The minimum absolute atomic E-state index is 0.0567. The highest BCUT2D eigenvalue weighted by Gasteiger charge is 2.31. The number of hydrogen-bond acceptors (Lipinski definition) is 3. The first-order valence-electron chi connectivity index (χ1n) is 9.19. The molecule has 0 fully saturated rings. The summed E-state index contributed by atoms with van der Waals surface area (Å²) in [6, 6.07) is 25.7. The molecule has 0 spiro atoms.